The average molecular weight is 953 g/mol. The zero-order chi connectivity index (χ0) is 47.4. The molecule has 15 nitrogen and oxygen atoms in total. The number of anilines is 1. The molecule has 0 spiro atoms. The lowest BCUT2D eigenvalue weighted by molar-refractivity contribution is -0.438. The van der Waals surface area contributed by atoms with Crippen molar-refractivity contribution in [3.63, 3.8) is 0 Å². The number of nitrogens with zero attached hydrogens (tertiary/aromatic N) is 2. The van der Waals surface area contributed by atoms with Crippen LogP contribution >= 0.6 is 0 Å². The fourth-order valence-corrected chi connectivity index (χ4v) is 11.4. The minimum atomic E-state index is -4.42. The lowest BCUT2D eigenvalue weighted by atomic mass is 9.76. The second kappa shape index (κ2) is 20.0. The molecule has 0 saturated carbocycles. The van der Waals surface area contributed by atoms with Crippen molar-refractivity contribution in [3.05, 3.63) is 108 Å². The van der Waals surface area contributed by atoms with Gasteiger partial charge < -0.3 is 19.5 Å². The van der Waals surface area contributed by atoms with Crippen LogP contribution in [0.2, 0.25) is 0 Å². The molecule has 0 saturated heterocycles. The first kappa shape index (κ1) is 49.6. The molecule has 0 aliphatic carbocycles. The smallest absolute Gasteiger partial charge is 0.303 e. The summed E-state index contributed by atoms with van der Waals surface area (Å²) in [6.07, 6.45) is 12.3. The summed E-state index contributed by atoms with van der Waals surface area (Å²) in [6.45, 7) is 7.98. The van der Waals surface area contributed by atoms with Gasteiger partial charge in [0.1, 0.15) is 6.54 Å². The minimum Gasteiger partial charge on any atom is -0.481 e. The lowest BCUT2D eigenvalue weighted by Gasteiger charge is -2.30. The lowest BCUT2D eigenvalue weighted by Crippen LogP contribution is -2.31. The Morgan fingerprint density at radius 2 is 1.45 bits per heavy atom. The third kappa shape index (κ3) is 10.9. The van der Waals surface area contributed by atoms with E-state index in [9.17, 15) is 44.3 Å². The van der Waals surface area contributed by atoms with E-state index in [4.69, 9.17) is 9.47 Å². The number of carboxylic acid groups (broad SMARTS) is 1. The molecule has 6 rings (SSSR count). The topological polar surface area (TPSA) is 217 Å². The van der Waals surface area contributed by atoms with Crippen molar-refractivity contribution in [1.29, 1.82) is 0 Å². The van der Waals surface area contributed by atoms with Crippen LogP contribution in [0.25, 0.3) is 21.5 Å². The highest BCUT2D eigenvalue weighted by atomic mass is 32.2. The van der Waals surface area contributed by atoms with Crippen LogP contribution < -0.4 is 9.62 Å². The molecule has 18 heteroatoms. The number of fused-ring (bicyclic) bond motifs is 6. The Kier molecular flexibility index (Phi) is 15.3. The van der Waals surface area contributed by atoms with E-state index in [1.807, 2.05) is 61.6 Å². The fourth-order valence-electron chi connectivity index (χ4n) is 9.30. The van der Waals surface area contributed by atoms with Gasteiger partial charge in [-0.25, -0.2) is 13.1 Å². The summed E-state index contributed by atoms with van der Waals surface area (Å²) in [5.74, 6) is -1.28. The molecule has 4 N–H and O–H groups in total. The Bertz CT molecular complexity index is 2940. The second-order valence-corrected chi connectivity index (χ2v) is 21.8. The van der Waals surface area contributed by atoms with Crippen molar-refractivity contribution in [2.75, 3.05) is 57.7 Å². The number of carbonyl (C=O) groups is 1. The zero-order valence-corrected chi connectivity index (χ0v) is 39.7. The van der Waals surface area contributed by atoms with Crippen molar-refractivity contribution in [2.45, 2.75) is 79.9 Å². The van der Waals surface area contributed by atoms with Crippen LogP contribution in [0, 0.1) is 0 Å². The molecule has 0 bridgehead atoms. The first-order chi connectivity index (χ1) is 30.6. The molecule has 4 aromatic carbocycles. The molecule has 2 aliphatic heterocycles. The quantitative estimate of drug-likeness (QED) is 0.0264. The van der Waals surface area contributed by atoms with Gasteiger partial charge in [0.2, 0.25) is 15.7 Å². The van der Waals surface area contributed by atoms with Crippen LogP contribution in [-0.2, 0) is 55.4 Å². The molecular weight excluding hydrogens is 895 g/mol. The van der Waals surface area contributed by atoms with E-state index in [-0.39, 0.29) is 35.8 Å². The first-order valence-electron chi connectivity index (χ1n) is 21.4. The van der Waals surface area contributed by atoms with Crippen molar-refractivity contribution >= 4 is 74.9 Å². The minimum absolute atomic E-state index is 0.0854. The van der Waals surface area contributed by atoms with Crippen molar-refractivity contribution in [1.82, 2.24) is 4.72 Å². The molecule has 2 aliphatic rings. The standard InChI is InChI=1S/C47H57N3O12S3/c1-46(2)41(49(26-11-7-10-15-43(51)52)39-22-16-34-32-36(65(58,59)60)19-21-37(34)44(39)46)13-8-6-9-14-42-47(3,24-12-30-63(53,54)55)45-38-20-18-35(64(56,57)48-25-28-61-4)31-33(38)17-23-40(45)50(42)27-29-62-5/h6,8-9,13-14,16-23,31-32,48H,7,10-12,15,24-30H2,1-5H3,(H2-,51,52,53,54,55,58,59,60)/p+1. The Labute approximate surface area is 381 Å². The van der Waals surface area contributed by atoms with E-state index in [1.54, 1.807) is 31.4 Å². The molecule has 1 unspecified atom stereocenters. The summed E-state index contributed by atoms with van der Waals surface area (Å²) >= 11 is 0. The van der Waals surface area contributed by atoms with Gasteiger partial charge in [-0.15, -0.1) is 0 Å². The number of carboxylic acids is 1. The number of hydrogen-bond acceptors (Lipinski definition) is 10. The third-order valence-corrected chi connectivity index (χ3v) is 15.4. The van der Waals surface area contributed by atoms with Gasteiger partial charge in [0.05, 0.1) is 34.2 Å². The number of hydrogen-bond donors (Lipinski definition) is 4. The maximum atomic E-state index is 13.2. The maximum Gasteiger partial charge on any atom is 0.303 e. The van der Waals surface area contributed by atoms with Crippen molar-refractivity contribution in [2.24, 2.45) is 0 Å². The van der Waals surface area contributed by atoms with Crippen molar-refractivity contribution < 1.29 is 58.3 Å². The van der Waals surface area contributed by atoms with Gasteiger partial charge in [-0.1, -0.05) is 36.4 Å². The van der Waals surface area contributed by atoms with Gasteiger partial charge in [0, 0.05) is 74.7 Å². The molecule has 2 heterocycles. The highest BCUT2D eigenvalue weighted by Crippen LogP contribution is 2.53. The van der Waals surface area contributed by atoms with Crippen LogP contribution in [-0.4, -0.2) is 109 Å². The molecule has 0 amide bonds. The van der Waals surface area contributed by atoms with Crippen LogP contribution in [0.4, 0.5) is 11.4 Å². The summed E-state index contributed by atoms with van der Waals surface area (Å²) in [5.41, 5.74) is 4.17. The monoisotopic (exact) mass is 952 g/mol. The van der Waals surface area contributed by atoms with Crippen LogP contribution in [0.3, 0.4) is 0 Å². The van der Waals surface area contributed by atoms with E-state index in [1.165, 1.54) is 19.2 Å². The third-order valence-electron chi connectivity index (χ3n) is 12.3. The Hall–Kier alpha value is -4.79. The molecule has 0 aromatic heterocycles. The molecule has 0 fully saturated rings. The average Bonchev–Trinajstić information content (AvgIpc) is 3.60. The van der Waals surface area contributed by atoms with Gasteiger partial charge in [0.15, 0.2) is 5.71 Å². The highest BCUT2D eigenvalue weighted by Gasteiger charge is 2.46. The number of aliphatic carboxylic acids is 1. The Balaban J connectivity index is 1.40. The Morgan fingerprint density at radius 3 is 2.11 bits per heavy atom. The van der Waals surface area contributed by atoms with Crippen LogP contribution in [0.1, 0.15) is 70.4 Å². The predicted molar refractivity (Wildman–Crippen MR) is 252 cm³/mol. The number of rotatable bonds is 22. The van der Waals surface area contributed by atoms with Gasteiger partial charge in [-0.3, -0.25) is 13.9 Å². The number of nitrogens with one attached hydrogen (secondary N) is 1. The van der Waals surface area contributed by atoms with Crippen LogP contribution in [0.5, 0.6) is 0 Å². The van der Waals surface area contributed by atoms with E-state index < -0.39 is 52.8 Å². The van der Waals surface area contributed by atoms with E-state index in [0.29, 0.717) is 49.7 Å². The predicted octanol–water partition coefficient (Wildman–Crippen LogP) is 7.27. The number of ether oxygens (including phenoxy) is 2. The summed E-state index contributed by atoms with van der Waals surface area (Å²) in [5, 5.41) is 12.2. The summed E-state index contributed by atoms with van der Waals surface area (Å²) in [4.78, 5) is 13.2. The number of unbranched alkanes of at least 4 members (excludes halogenated alkanes) is 2. The molecular formula is C47H58N3O12S3+. The highest BCUT2D eigenvalue weighted by molar-refractivity contribution is 7.89. The number of sulfonamides is 1. The van der Waals surface area contributed by atoms with E-state index in [2.05, 4.69) is 28.0 Å². The molecule has 4 aromatic rings. The van der Waals surface area contributed by atoms with Gasteiger partial charge in [0.25, 0.3) is 20.2 Å². The van der Waals surface area contributed by atoms with Crippen molar-refractivity contribution in [3.8, 4) is 0 Å². The summed E-state index contributed by atoms with van der Waals surface area (Å²) in [6, 6.07) is 17.1. The molecule has 65 heavy (non-hydrogen) atoms. The number of allylic oxidation sites excluding steroid dienone is 6. The number of methoxy groups -OCH3 is 2. The van der Waals surface area contributed by atoms with E-state index in [0.717, 1.165) is 51.1 Å². The summed E-state index contributed by atoms with van der Waals surface area (Å²) < 4.78 is 109. The molecule has 1 atom stereocenters. The number of benzene rings is 4. The van der Waals surface area contributed by atoms with E-state index >= 15 is 0 Å². The van der Waals surface area contributed by atoms with Gasteiger partial charge >= 0.3 is 5.97 Å². The SMILES string of the molecule is COCCNS(=O)(=O)c1ccc2c3c(ccc2c1)N(CCOC)/C(=C/C=C/C=C/C1=[N+](CCCCCC(=O)O)c2ccc4cc(S(=O)(=O)O)ccc4c2C1(C)C)C3(C)CCCS(=O)(=O)O. The molecule has 0 radical (unpaired) electrons. The normalized spacial score (nSPS) is 18.3. The Morgan fingerprint density at radius 1 is 0.785 bits per heavy atom. The molecule has 350 valence electrons. The zero-order valence-electron chi connectivity index (χ0n) is 37.3. The second-order valence-electron chi connectivity index (χ2n) is 17.1. The van der Waals surface area contributed by atoms with Crippen LogP contribution in [0.15, 0.2) is 107 Å². The first-order valence-corrected chi connectivity index (χ1v) is 25.9. The fraction of sp³-hybridized carbons (Fsp3) is 0.404. The van der Waals surface area contributed by atoms with Gasteiger partial charge in [-0.2, -0.15) is 21.4 Å². The largest absolute Gasteiger partial charge is 0.481 e. The maximum absolute atomic E-state index is 13.2. The van der Waals surface area contributed by atoms with Gasteiger partial charge in [-0.05, 0) is 116 Å². The summed E-state index contributed by atoms with van der Waals surface area (Å²) in [7, 11) is -9.42.